The molecular formula is C13H21FN2. The fourth-order valence-electron chi connectivity index (χ4n) is 1.95. The molecule has 0 aliphatic heterocycles. The smallest absolute Gasteiger partial charge is 0.123 e. The highest BCUT2D eigenvalue weighted by molar-refractivity contribution is 5.20. The summed E-state index contributed by atoms with van der Waals surface area (Å²) in [7, 11) is 1.92. The van der Waals surface area contributed by atoms with Gasteiger partial charge >= 0.3 is 0 Å². The Labute approximate surface area is 97.0 Å². The molecule has 2 atom stereocenters. The van der Waals surface area contributed by atoms with Crippen LogP contribution in [0, 0.1) is 17.7 Å². The summed E-state index contributed by atoms with van der Waals surface area (Å²) in [5.74, 6) is 0.633. The highest BCUT2D eigenvalue weighted by Gasteiger charge is 2.21. The average Bonchev–Trinajstić information content (AvgIpc) is 2.25. The Bertz CT molecular complexity index is 308. The molecule has 0 amide bonds. The lowest BCUT2D eigenvalue weighted by molar-refractivity contribution is 0.314. The fraction of sp³-hybridized carbons (Fsp3) is 0.538. The number of halogens is 1. The predicted molar refractivity (Wildman–Crippen MR) is 65.6 cm³/mol. The van der Waals surface area contributed by atoms with Crippen LogP contribution in [0.5, 0.6) is 0 Å². The quantitative estimate of drug-likeness (QED) is 0.805. The van der Waals surface area contributed by atoms with Crippen molar-refractivity contribution in [3.05, 3.63) is 35.6 Å². The second-order valence-electron chi connectivity index (χ2n) is 4.54. The number of benzene rings is 1. The van der Waals surface area contributed by atoms with Gasteiger partial charge in [0.25, 0.3) is 0 Å². The van der Waals surface area contributed by atoms with Crippen molar-refractivity contribution >= 4 is 0 Å². The van der Waals surface area contributed by atoms with Crippen molar-refractivity contribution in [1.29, 1.82) is 0 Å². The van der Waals surface area contributed by atoms with Crippen molar-refractivity contribution in [3.63, 3.8) is 0 Å². The van der Waals surface area contributed by atoms with Gasteiger partial charge in [-0.05, 0) is 43.1 Å². The molecule has 0 saturated carbocycles. The number of nitrogens with two attached hydrogens (primary N) is 1. The molecule has 1 aromatic rings. The van der Waals surface area contributed by atoms with Crippen LogP contribution < -0.4 is 11.1 Å². The molecule has 0 bridgehead atoms. The van der Waals surface area contributed by atoms with Crippen molar-refractivity contribution < 1.29 is 4.39 Å². The van der Waals surface area contributed by atoms with E-state index in [4.69, 9.17) is 5.73 Å². The topological polar surface area (TPSA) is 38.0 Å². The molecule has 1 rings (SSSR count). The minimum absolute atomic E-state index is 0.0481. The second-order valence-corrected chi connectivity index (χ2v) is 4.54. The van der Waals surface area contributed by atoms with Crippen LogP contribution in [-0.4, -0.2) is 13.6 Å². The van der Waals surface area contributed by atoms with Gasteiger partial charge in [0.05, 0.1) is 0 Å². The molecule has 0 aliphatic rings. The summed E-state index contributed by atoms with van der Waals surface area (Å²) in [6, 6.07) is 6.42. The highest BCUT2D eigenvalue weighted by atomic mass is 19.1. The number of hydrogen-bond acceptors (Lipinski definition) is 2. The zero-order valence-electron chi connectivity index (χ0n) is 10.2. The molecule has 16 heavy (non-hydrogen) atoms. The summed E-state index contributed by atoms with van der Waals surface area (Å²) in [5.41, 5.74) is 7.21. The van der Waals surface area contributed by atoms with Crippen molar-refractivity contribution in [2.24, 2.45) is 17.6 Å². The van der Waals surface area contributed by atoms with Gasteiger partial charge in [0, 0.05) is 6.04 Å². The molecule has 0 aromatic heterocycles. The van der Waals surface area contributed by atoms with Gasteiger partial charge in [-0.2, -0.15) is 0 Å². The van der Waals surface area contributed by atoms with Crippen LogP contribution in [0.15, 0.2) is 24.3 Å². The largest absolute Gasteiger partial charge is 0.324 e. The van der Waals surface area contributed by atoms with Crippen LogP contribution in [0.25, 0.3) is 0 Å². The zero-order chi connectivity index (χ0) is 12.1. The van der Waals surface area contributed by atoms with Gasteiger partial charge in [-0.25, -0.2) is 4.39 Å². The monoisotopic (exact) mass is 224 g/mol. The summed E-state index contributed by atoms with van der Waals surface area (Å²) in [6.45, 7) is 5.19. The fourth-order valence-corrected chi connectivity index (χ4v) is 1.95. The first-order valence-electron chi connectivity index (χ1n) is 5.72. The first-order valence-corrected chi connectivity index (χ1v) is 5.72. The maximum Gasteiger partial charge on any atom is 0.123 e. The Kier molecular flexibility index (Phi) is 4.90. The first kappa shape index (κ1) is 13.1. The molecule has 2 unspecified atom stereocenters. The maximum absolute atomic E-state index is 12.8. The van der Waals surface area contributed by atoms with E-state index in [-0.39, 0.29) is 11.9 Å². The van der Waals surface area contributed by atoms with Gasteiger partial charge in [0.2, 0.25) is 0 Å². The van der Waals surface area contributed by atoms with Crippen molar-refractivity contribution in [2.75, 3.05) is 13.6 Å². The third kappa shape index (κ3) is 3.29. The molecule has 0 spiro atoms. The number of nitrogens with one attached hydrogen (secondary N) is 1. The van der Waals surface area contributed by atoms with Gasteiger partial charge < -0.3 is 11.1 Å². The summed E-state index contributed by atoms with van der Waals surface area (Å²) >= 11 is 0. The molecule has 90 valence electrons. The molecule has 0 heterocycles. The molecule has 0 saturated heterocycles. The molecule has 3 N–H and O–H groups in total. The molecule has 1 aromatic carbocycles. The Hall–Kier alpha value is -0.930. The highest BCUT2D eigenvalue weighted by Crippen LogP contribution is 2.25. The third-order valence-electron chi connectivity index (χ3n) is 3.01. The van der Waals surface area contributed by atoms with Crippen LogP contribution in [0.4, 0.5) is 4.39 Å². The van der Waals surface area contributed by atoms with Crippen molar-refractivity contribution in [1.82, 2.24) is 5.32 Å². The summed E-state index contributed by atoms with van der Waals surface area (Å²) in [4.78, 5) is 0. The van der Waals surface area contributed by atoms with Crippen molar-refractivity contribution in [2.45, 2.75) is 19.9 Å². The third-order valence-corrected chi connectivity index (χ3v) is 3.01. The van der Waals surface area contributed by atoms with E-state index in [0.29, 0.717) is 11.8 Å². The van der Waals surface area contributed by atoms with Crippen LogP contribution in [-0.2, 0) is 0 Å². The summed E-state index contributed by atoms with van der Waals surface area (Å²) in [5, 5.41) is 3.16. The van der Waals surface area contributed by atoms with E-state index in [0.717, 1.165) is 12.1 Å². The van der Waals surface area contributed by atoms with Gasteiger partial charge in [0.1, 0.15) is 5.82 Å². The first-order chi connectivity index (χ1) is 7.56. The normalized spacial score (nSPS) is 15.1. The minimum atomic E-state index is -0.217. The minimum Gasteiger partial charge on any atom is -0.324 e. The van der Waals surface area contributed by atoms with E-state index in [1.165, 1.54) is 12.1 Å². The Morgan fingerprint density at radius 2 is 1.81 bits per heavy atom. The Morgan fingerprint density at radius 3 is 2.25 bits per heavy atom. The second kappa shape index (κ2) is 5.97. The van der Waals surface area contributed by atoms with Crippen LogP contribution in [0.3, 0.4) is 0 Å². The van der Waals surface area contributed by atoms with E-state index in [1.54, 1.807) is 12.1 Å². The van der Waals surface area contributed by atoms with Gasteiger partial charge in [0.15, 0.2) is 0 Å². The van der Waals surface area contributed by atoms with Crippen molar-refractivity contribution in [3.8, 4) is 0 Å². The molecule has 2 nitrogen and oxygen atoms in total. The summed E-state index contributed by atoms with van der Waals surface area (Å²) in [6.07, 6.45) is 0. The number of rotatable bonds is 5. The van der Waals surface area contributed by atoms with Gasteiger partial charge in [-0.1, -0.05) is 26.0 Å². The molecule has 3 heteroatoms. The lowest BCUT2D eigenvalue weighted by Crippen LogP contribution is -2.33. The molecule has 0 radical (unpaired) electrons. The maximum atomic E-state index is 12.8. The van der Waals surface area contributed by atoms with E-state index in [1.807, 2.05) is 7.05 Å². The van der Waals surface area contributed by atoms with E-state index >= 15 is 0 Å². The lowest BCUT2D eigenvalue weighted by Gasteiger charge is -2.27. The standard InChI is InChI=1S/C13H21FN2/c1-9(2)12(8-16-3)13(15)10-4-6-11(14)7-5-10/h4-7,9,12-13,16H,8,15H2,1-3H3. The van der Waals surface area contributed by atoms with E-state index < -0.39 is 0 Å². The van der Waals surface area contributed by atoms with E-state index in [2.05, 4.69) is 19.2 Å². The Morgan fingerprint density at radius 1 is 1.25 bits per heavy atom. The predicted octanol–water partition coefficient (Wildman–Crippen LogP) is 2.32. The van der Waals surface area contributed by atoms with Crippen LogP contribution in [0.1, 0.15) is 25.5 Å². The molecule has 0 fully saturated rings. The molecular weight excluding hydrogens is 203 g/mol. The molecule has 0 aliphatic carbocycles. The SMILES string of the molecule is CNCC(C(C)C)C(N)c1ccc(F)cc1. The van der Waals surface area contributed by atoms with Gasteiger partial charge in [-0.3, -0.25) is 0 Å². The zero-order valence-corrected chi connectivity index (χ0v) is 10.2. The summed E-state index contributed by atoms with van der Waals surface area (Å²) < 4.78 is 12.8. The average molecular weight is 224 g/mol. The lowest BCUT2D eigenvalue weighted by atomic mass is 9.85. The van der Waals surface area contributed by atoms with E-state index in [9.17, 15) is 4.39 Å². The van der Waals surface area contributed by atoms with Crippen LogP contribution >= 0.6 is 0 Å². The Balaban J connectivity index is 2.81. The van der Waals surface area contributed by atoms with Gasteiger partial charge in [-0.15, -0.1) is 0 Å². The van der Waals surface area contributed by atoms with Crippen LogP contribution in [0.2, 0.25) is 0 Å². The number of hydrogen-bond donors (Lipinski definition) is 2.